The van der Waals surface area contributed by atoms with Crippen molar-refractivity contribution in [2.45, 2.75) is 13.8 Å². The standard InChI is InChI=1S/C15H23N3O2S/c1-4-18(5-2)11-10-16-15(21)17-13-8-6-12(7-9-13)14(19)20-3/h6-9H,4-5,10-11H2,1-3H3,(H2,16,17,21)/p+1. The highest BCUT2D eigenvalue weighted by Gasteiger charge is 2.05. The topological polar surface area (TPSA) is 54.8 Å². The lowest BCUT2D eigenvalue weighted by Gasteiger charge is -2.16. The Morgan fingerprint density at radius 3 is 2.38 bits per heavy atom. The van der Waals surface area contributed by atoms with E-state index in [1.807, 2.05) is 0 Å². The molecule has 0 unspecified atom stereocenters. The van der Waals surface area contributed by atoms with Crippen molar-refractivity contribution in [3.63, 3.8) is 0 Å². The summed E-state index contributed by atoms with van der Waals surface area (Å²) in [7, 11) is 1.37. The van der Waals surface area contributed by atoms with E-state index in [0.29, 0.717) is 10.7 Å². The Balaban J connectivity index is 2.39. The van der Waals surface area contributed by atoms with E-state index in [9.17, 15) is 4.79 Å². The predicted octanol–water partition coefficient (Wildman–Crippen LogP) is 0.684. The molecule has 0 aliphatic heterocycles. The summed E-state index contributed by atoms with van der Waals surface area (Å²) in [5.41, 5.74) is 1.36. The molecule has 0 aromatic heterocycles. The number of nitrogens with one attached hydrogen (secondary N) is 3. The number of ether oxygens (including phenoxy) is 1. The fourth-order valence-corrected chi connectivity index (χ4v) is 2.16. The number of carbonyl (C=O) groups excluding carboxylic acids is 1. The number of methoxy groups -OCH3 is 1. The molecule has 1 aromatic carbocycles. The number of hydrogen-bond donors (Lipinski definition) is 3. The van der Waals surface area contributed by atoms with Gasteiger partial charge in [0.05, 0.1) is 38.9 Å². The highest BCUT2D eigenvalue weighted by atomic mass is 32.1. The van der Waals surface area contributed by atoms with Crippen LogP contribution in [-0.2, 0) is 4.74 Å². The molecular weight excluding hydrogens is 286 g/mol. The third-order valence-corrected chi connectivity index (χ3v) is 3.57. The number of hydrogen-bond acceptors (Lipinski definition) is 3. The monoisotopic (exact) mass is 310 g/mol. The highest BCUT2D eigenvalue weighted by molar-refractivity contribution is 7.80. The van der Waals surface area contributed by atoms with E-state index >= 15 is 0 Å². The van der Waals surface area contributed by atoms with Gasteiger partial charge >= 0.3 is 5.97 Å². The van der Waals surface area contributed by atoms with Crippen molar-refractivity contribution >= 4 is 29.0 Å². The van der Waals surface area contributed by atoms with Gasteiger partial charge in [-0.2, -0.15) is 0 Å². The van der Waals surface area contributed by atoms with Crippen LogP contribution in [0.25, 0.3) is 0 Å². The number of benzene rings is 1. The Kier molecular flexibility index (Phi) is 7.71. The Labute approximate surface area is 131 Å². The van der Waals surface area contributed by atoms with Crippen LogP contribution < -0.4 is 15.5 Å². The van der Waals surface area contributed by atoms with Crippen LogP contribution >= 0.6 is 12.2 Å². The van der Waals surface area contributed by atoms with Crippen LogP contribution in [0.15, 0.2) is 24.3 Å². The molecule has 0 saturated heterocycles. The Morgan fingerprint density at radius 2 is 1.86 bits per heavy atom. The summed E-state index contributed by atoms with van der Waals surface area (Å²) in [6.07, 6.45) is 0. The van der Waals surface area contributed by atoms with E-state index < -0.39 is 0 Å². The van der Waals surface area contributed by atoms with Crippen molar-refractivity contribution in [3.05, 3.63) is 29.8 Å². The van der Waals surface area contributed by atoms with E-state index in [-0.39, 0.29) is 5.97 Å². The first kappa shape index (κ1) is 17.4. The first-order chi connectivity index (χ1) is 10.1. The number of anilines is 1. The lowest BCUT2D eigenvalue weighted by Crippen LogP contribution is -3.12. The van der Waals surface area contributed by atoms with Crippen LogP contribution in [0.5, 0.6) is 0 Å². The van der Waals surface area contributed by atoms with Crippen LogP contribution in [0.2, 0.25) is 0 Å². The van der Waals surface area contributed by atoms with Gasteiger partial charge in [0, 0.05) is 5.69 Å². The summed E-state index contributed by atoms with van der Waals surface area (Å²) in [6, 6.07) is 7.01. The van der Waals surface area contributed by atoms with Gasteiger partial charge in [-0.25, -0.2) is 4.79 Å². The van der Waals surface area contributed by atoms with Crippen molar-refractivity contribution in [1.82, 2.24) is 5.32 Å². The van der Waals surface area contributed by atoms with Crippen LogP contribution in [-0.4, -0.2) is 44.4 Å². The summed E-state index contributed by atoms with van der Waals surface area (Å²) < 4.78 is 4.65. The number of thiocarbonyl (C=S) groups is 1. The van der Waals surface area contributed by atoms with Gasteiger partial charge in [0.1, 0.15) is 0 Å². The van der Waals surface area contributed by atoms with E-state index in [1.54, 1.807) is 24.3 Å². The van der Waals surface area contributed by atoms with Crippen LogP contribution in [0.1, 0.15) is 24.2 Å². The first-order valence-corrected chi connectivity index (χ1v) is 7.58. The fourth-order valence-electron chi connectivity index (χ4n) is 1.94. The number of carbonyl (C=O) groups is 1. The molecular formula is C15H24N3O2S+. The van der Waals surface area contributed by atoms with Gasteiger partial charge in [-0.3, -0.25) is 0 Å². The molecule has 0 bridgehead atoms. The average Bonchev–Trinajstić information content (AvgIpc) is 2.51. The molecule has 0 amide bonds. The molecule has 21 heavy (non-hydrogen) atoms. The van der Waals surface area contributed by atoms with Gasteiger partial charge in [-0.05, 0) is 50.3 Å². The molecule has 1 rings (SSSR count). The number of quaternary nitrogens is 1. The van der Waals surface area contributed by atoms with Crippen molar-refractivity contribution in [2.24, 2.45) is 0 Å². The molecule has 3 N–H and O–H groups in total. The summed E-state index contributed by atoms with van der Waals surface area (Å²) in [4.78, 5) is 12.9. The molecule has 6 heteroatoms. The van der Waals surface area contributed by atoms with Gasteiger partial charge in [0.2, 0.25) is 0 Å². The van der Waals surface area contributed by atoms with E-state index in [2.05, 4.69) is 29.2 Å². The van der Waals surface area contributed by atoms with Gasteiger partial charge in [0.15, 0.2) is 5.11 Å². The minimum absolute atomic E-state index is 0.343. The van der Waals surface area contributed by atoms with Gasteiger partial charge in [0.25, 0.3) is 0 Å². The molecule has 0 fully saturated rings. The zero-order valence-electron chi connectivity index (χ0n) is 12.9. The zero-order valence-corrected chi connectivity index (χ0v) is 13.7. The maximum absolute atomic E-state index is 11.3. The second-order valence-corrected chi connectivity index (χ2v) is 5.07. The summed E-state index contributed by atoms with van der Waals surface area (Å²) in [5, 5.41) is 6.87. The van der Waals surface area contributed by atoms with E-state index in [0.717, 1.165) is 31.9 Å². The fraction of sp³-hybridized carbons (Fsp3) is 0.467. The molecule has 1 aromatic rings. The molecule has 0 spiro atoms. The SMILES string of the molecule is CC[NH+](CC)CCNC(=S)Nc1ccc(C(=O)OC)cc1. The maximum atomic E-state index is 11.3. The van der Waals surface area contributed by atoms with Crippen molar-refractivity contribution in [2.75, 3.05) is 38.6 Å². The van der Waals surface area contributed by atoms with E-state index in [4.69, 9.17) is 12.2 Å². The minimum atomic E-state index is -0.343. The smallest absolute Gasteiger partial charge is 0.337 e. The molecule has 0 aliphatic carbocycles. The molecule has 116 valence electrons. The normalized spacial score (nSPS) is 10.3. The Bertz CT molecular complexity index is 458. The predicted molar refractivity (Wildman–Crippen MR) is 88.9 cm³/mol. The number of esters is 1. The lowest BCUT2D eigenvalue weighted by molar-refractivity contribution is -0.895. The third kappa shape index (κ3) is 6.10. The largest absolute Gasteiger partial charge is 0.465 e. The van der Waals surface area contributed by atoms with Gasteiger partial charge in [-0.15, -0.1) is 0 Å². The van der Waals surface area contributed by atoms with Crippen molar-refractivity contribution in [1.29, 1.82) is 0 Å². The summed E-state index contributed by atoms with van der Waals surface area (Å²) >= 11 is 5.24. The molecule has 0 radical (unpaired) electrons. The van der Waals surface area contributed by atoms with Crippen molar-refractivity contribution < 1.29 is 14.4 Å². The van der Waals surface area contributed by atoms with Crippen LogP contribution in [0, 0.1) is 0 Å². The maximum Gasteiger partial charge on any atom is 0.337 e. The molecule has 5 nitrogen and oxygen atoms in total. The number of likely N-dealkylation sites (N-methyl/N-ethyl adjacent to an activating group) is 1. The summed E-state index contributed by atoms with van der Waals surface area (Å²) in [5.74, 6) is -0.343. The molecule has 0 atom stereocenters. The zero-order chi connectivity index (χ0) is 15.7. The quantitative estimate of drug-likeness (QED) is 0.511. The highest BCUT2D eigenvalue weighted by Crippen LogP contribution is 2.10. The Morgan fingerprint density at radius 1 is 1.24 bits per heavy atom. The Hall–Kier alpha value is -1.66. The lowest BCUT2D eigenvalue weighted by atomic mass is 10.2. The number of rotatable bonds is 7. The third-order valence-electron chi connectivity index (χ3n) is 3.33. The minimum Gasteiger partial charge on any atom is -0.465 e. The van der Waals surface area contributed by atoms with Gasteiger partial charge < -0.3 is 20.3 Å². The van der Waals surface area contributed by atoms with Crippen LogP contribution in [0.4, 0.5) is 5.69 Å². The summed E-state index contributed by atoms with van der Waals surface area (Å²) in [6.45, 7) is 8.47. The van der Waals surface area contributed by atoms with Gasteiger partial charge in [-0.1, -0.05) is 0 Å². The van der Waals surface area contributed by atoms with E-state index in [1.165, 1.54) is 12.0 Å². The second kappa shape index (κ2) is 9.31. The van der Waals surface area contributed by atoms with Crippen molar-refractivity contribution in [3.8, 4) is 0 Å². The van der Waals surface area contributed by atoms with Crippen LogP contribution in [0.3, 0.4) is 0 Å². The second-order valence-electron chi connectivity index (χ2n) is 4.66. The molecule has 0 aliphatic rings. The molecule has 0 heterocycles. The molecule has 0 saturated carbocycles. The first-order valence-electron chi connectivity index (χ1n) is 7.17. The average molecular weight is 310 g/mol.